The van der Waals surface area contributed by atoms with E-state index in [9.17, 15) is 145 Å². The summed E-state index contributed by atoms with van der Waals surface area (Å²) in [6.45, 7) is 0. The van der Waals surface area contributed by atoms with Gasteiger partial charge in [-0.3, -0.25) is 0 Å². The molecule has 0 aliphatic carbocycles. The second-order valence-electron chi connectivity index (χ2n) is 8.69. The molecule has 0 atom stereocenters. The lowest BCUT2D eigenvalue weighted by Crippen LogP contribution is -2.86. The van der Waals surface area contributed by atoms with Gasteiger partial charge in [0.05, 0.1) is 0 Å². The molecule has 0 fully saturated rings. The predicted octanol–water partition coefficient (Wildman–Crippen LogP) is 11.1. The third-order valence-corrected chi connectivity index (χ3v) is 6.02. The lowest BCUT2D eigenvalue weighted by Gasteiger charge is -2.57. The SMILES string of the molecule is FC(F)(F)C(C(F)(F)F)(C(F)(F)F)C(F)(F)N(C(F)(F)C(C(F)(F)F)(C(F)(F)F)C(F)(F)F)C(F)(F)C(C(F)(F)F)(C(F)(F)F)C(F)(F)F. The number of nitrogens with zero attached hydrogens (tertiary/aromatic N) is 1. The molecule has 0 spiro atoms. The Morgan fingerprint density at radius 1 is 0.163 bits per heavy atom. The van der Waals surface area contributed by atoms with E-state index in [1.54, 1.807) is 0 Å². The molecule has 296 valence electrons. The molecule has 0 aromatic carbocycles. The molecule has 0 radical (unpaired) electrons. The minimum absolute atomic E-state index is 7.25. The Balaban J connectivity index is 10.1. The standard InChI is InChI=1S/C15F33N/c16-4(17,18)1(5(19,20)21,6(22,23)24)13(43,44)49(14(45,46)2(7(25,26)27,8(28,29)30)9(31,32)33)15(47,48)3(10(34,35)36,11(37,38)39)12(40,41)42. The van der Waals surface area contributed by atoms with Gasteiger partial charge in [0.1, 0.15) is 0 Å². The van der Waals surface area contributed by atoms with E-state index in [1.807, 2.05) is 0 Å². The van der Waals surface area contributed by atoms with Crippen molar-refractivity contribution in [2.45, 2.75) is 73.7 Å². The van der Waals surface area contributed by atoms with E-state index < -0.39 is 94.9 Å². The molecule has 0 unspecified atom stereocenters. The first-order chi connectivity index (χ1) is 20.4. The summed E-state index contributed by atoms with van der Waals surface area (Å²) in [6, 6.07) is -33.5. The van der Waals surface area contributed by atoms with Gasteiger partial charge in [0, 0.05) is 0 Å². The Hall–Kier alpha value is -2.35. The first-order valence-electron chi connectivity index (χ1n) is 9.91. The fourth-order valence-corrected chi connectivity index (χ4v) is 4.01. The summed E-state index contributed by atoms with van der Waals surface area (Å²) in [7, 11) is 0. The van der Waals surface area contributed by atoms with Crippen molar-refractivity contribution in [3.8, 4) is 0 Å². The van der Waals surface area contributed by atoms with Gasteiger partial charge < -0.3 is 0 Å². The molecule has 1 nitrogen and oxygen atoms in total. The van der Waals surface area contributed by atoms with Crippen molar-refractivity contribution in [3.05, 3.63) is 0 Å². The van der Waals surface area contributed by atoms with Crippen LogP contribution in [0.1, 0.15) is 0 Å². The Bertz CT molecular complexity index is 907. The summed E-state index contributed by atoms with van der Waals surface area (Å²) in [5.41, 5.74) is -31.9. The molecule has 0 amide bonds. The zero-order chi connectivity index (χ0) is 41.1. The highest BCUT2D eigenvalue weighted by atomic mass is 19.5. The molecule has 0 aliphatic heterocycles. The maximum Gasteiger partial charge on any atom is 0.419 e. The van der Waals surface area contributed by atoms with E-state index in [4.69, 9.17) is 0 Å². The van der Waals surface area contributed by atoms with Gasteiger partial charge in [-0.1, -0.05) is 0 Å². The number of rotatable bonds is 6. The highest BCUT2D eigenvalue weighted by Crippen LogP contribution is 2.77. The van der Waals surface area contributed by atoms with Gasteiger partial charge in [0.2, 0.25) is 0 Å². The van der Waals surface area contributed by atoms with Gasteiger partial charge in [-0.2, -0.15) is 145 Å². The zero-order valence-corrected chi connectivity index (χ0v) is 20.4. The highest BCUT2D eigenvalue weighted by Gasteiger charge is 3.06. The molecule has 0 saturated heterocycles. The Kier molecular flexibility index (Phi) is 10.5. The first kappa shape index (κ1) is 46.6. The molecule has 0 bridgehead atoms. The van der Waals surface area contributed by atoms with Crippen LogP contribution in [0.4, 0.5) is 145 Å². The summed E-state index contributed by atoms with van der Waals surface area (Å²) < 4.78 is 446. The lowest BCUT2D eigenvalue weighted by molar-refractivity contribution is -0.585. The minimum Gasteiger partial charge on any atom is -0.186 e. The van der Waals surface area contributed by atoms with E-state index in [0.29, 0.717) is 0 Å². The summed E-state index contributed by atoms with van der Waals surface area (Å²) in [6.07, 6.45) is -88.9. The topological polar surface area (TPSA) is 3.24 Å². The molecule has 0 aromatic rings. The van der Waals surface area contributed by atoms with Crippen LogP contribution in [0.15, 0.2) is 0 Å². The minimum atomic E-state index is -11.2. The monoisotopic (exact) mass is 821 g/mol. The van der Waals surface area contributed by atoms with Gasteiger partial charge >= 0.3 is 90.0 Å². The number of alkyl halides is 33. The van der Waals surface area contributed by atoms with Crippen LogP contribution >= 0.6 is 0 Å². The normalized spacial score (nSPS) is 17.3. The summed E-state index contributed by atoms with van der Waals surface area (Å²) >= 11 is 0. The molecule has 0 saturated carbocycles. The van der Waals surface area contributed by atoms with Crippen LogP contribution in [0.25, 0.3) is 0 Å². The van der Waals surface area contributed by atoms with Crippen LogP contribution in [0.3, 0.4) is 0 Å². The Morgan fingerprint density at radius 2 is 0.245 bits per heavy atom. The van der Waals surface area contributed by atoms with Crippen molar-refractivity contribution in [2.24, 2.45) is 16.2 Å². The van der Waals surface area contributed by atoms with Gasteiger partial charge in [0.15, 0.2) is 0 Å². The predicted molar refractivity (Wildman–Crippen MR) is 78.5 cm³/mol. The van der Waals surface area contributed by atoms with Crippen LogP contribution in [0.5, 0.6) is 0 Å². The molecule has 0 N–H and O–H groups in total. The third-order valence-electron chi connectivity index (χ3n) is 6.02. The van der Waals surface area contributed by atoms with E-state index in [1.165, 1.54) is 0 Å². The van der Waals surface area contributed by atoms with E-state index in [-0.39, 0.29) is 0 Å². The molecule has 49 heavy (non-hydrogen) atoms. The molecular weight excluding hydrogens is 821 g/mol. The van der Waals surface area contributed by atoms with Crippen LogP contribution in [-0.4, -0.2) is 78.6 Å². The van der Waals surface area contributed by atoms with Crippen molar-refractivity contribution >= 4 is 0 Å². The van der Waals surface area contributed by atoms with Crippen molar-refractivity contribution in [3.63, 3.8) is 0 Å². The van der Waals surface area contributed by atoms with Crippen molar-refractivity contribution < 1.29 is 145 Å². The summed E-state index contributed by atoms with van der Waals surface area (Å²) in [4.78, 5) is -7.25. The number of hydrogen-bond donors (Lipinski definition) is 0. The van der Waals surface area contributed by atoms with Crippen molar-refractivity contribution in [2.75, 3.05) is 0 Å². The quantitative estimate of drug-likeness (QED) is 0.191. The van der Waals surface area contributed by atoms with Crippen LogP contribution in [0.2, 0.25) is 0 Å². The summed E-state index contributed by atoms with van der Waals surface area (Å²) in [5.74, 6) is 0. The van der Waals surface area contributed by atoms with Crippen molar-refractivity contribution in [1.82, 2.24) is 4.90 Å². The third kappa shape index (κ3) is 5.69. The zero-order valence-electron chi connectivity index (χ0n) is 20.4. The largest absolute Gasteiger partial charge is 0.419 e. The molecule has 0 rings (SSSR count). The maximum absolute atomic E-state index is 14.9. The molecule has 0 aromatic heterocycles. The smallest absolute Gasteiger partial charge is 0.186 e. The van der Waals surface area contributed by atoms with E-state index in [2.05, 4.69) is 0 Å². The van der Waals surface area contributed by atoms with Crippen LogP contribution in [0, 0.1) is 16.2 Å². The van der Waals surface area contributed by atoms with Gasteiger partial charge in [-0.15, -0.1) is 4.90 Å². The van der Waals surface area contributed by atoms with E-state index >= 15 is 0 Å². The average Bonchev–Trinajstić information content (AvgIpc) is 2.53. The van der Waals surface area contributed by atoms with Crippen LogP contribution in [-0.2, 0) is 0 Å². The fourth-order valence-electron chi connectivity index (χ4n) is 4.01. The highest BCUT2D eigenvalue weighted by molar-refractivity contribution is 5.19. The second kappa shape index (κ2) is 11.1. The molecular formula is C15F33N. The van der Waals surface area contributed by atoms with Crippen LogP contribution < -0.4 is 0 Å². The first-order valence-corrected chi connectivity index (χ1v) is 9.91. The second-order valence-corrected chi connectivity index (χ2v) is 8.69. The Morgan fingerprint density at radius 3 is 0.306 bits per heavy atom. The molecule has 0 aliphatic rings. The summed E-state index contributed by atoms with van der Waals surface area (Å²) in [5, 5.41) is 0. The number of halogens is 33. The van der Waals surface area contributed by atoms with Gasteiger partial charge in [-0.05, 0) is 0 Å². The molecule has 34 heteroatoms. The average molecular weight is 821 g/mol. The number of hydrogen-bond acceptors (Lipinski definition) is 1. The lowest BCUT2D eigenvalue weighted by atomic mass is 9.74. The van der Waals surface area contributed by atoms with Gasteiger partial charge in [0.25, 0.3) is 0 Å². The molecule has 0 heterocycles. The Labute approximate surface area is 241 Å². The van der Waals surface area contributed by atoms with Crippen molar-refractivity contribution in [1.29, 1.82) is 0 Å². The maximum atomic E-state index is 14.9. The van der Waals surface area contributed by atoms with Gasteiger partial charge in [-0.25, -0.2) is 0 Å². The van der Waals surface area contributed by atoms with E-state index in [0.717, 1.165) is 0 Å². The fraction of sp³-hybridized carbons (Fsp3) is 1.00.